The molecule has 0 amide bonds. The zero-order valence-electron chi connectivity index (χ0n) is 12.6. The molecule has 4 saturated carbocycles. The quantitative estimate of drug-likeness (QED) is 0.450. The molecule has 112 valence electrons. The SMILES string of the molecule is CC(C)C(=O)OCOC1CC2CC1C1C3CCC(C3)C21. The summed E-state index contributed by atoms with van der Waals surface area (Å²) in [5, 5.41) is 0. The molecule has 0 heterocycles. The van der Waals surface area contributed by atoms with E-state index in [0.717, 1.165) is 35.5 Å². The van der Waals surface area contributed by atoms with Gasteiger partial charge < -0.3 is 9.47 Å². The number of ether oxygens (including phenoxy) is 2. The lowest BCUT2D eigenvalue weighted by atomic mass is 9.70. The number of esters is 1. The van der Waals surface area contributed by atoms with Gasteiger partial charge in [-0.2, -0.15) is 0 Å². The smallest absolute Gasteiger partial charge is 0.310 e. The topological polar surface area (TPSA) is 35.5 Å². The molecule has 0 radical (unpaired) electrons. The standard InChI is InChI=1S/C17H26O3/c1-9(2)17(18)20-8-19-14-7-12-6-13(14)16-11-4-3-10(5-11)15(12)16/h9-16H,3-8H2,1-2H3. The van der Waals surface area contributed by atoms with E-state index in [1.54, 1.807) is 0 Å². The van der Waals surface area contributed by atoms with Gasteiger partial charge in [-0.3, -0.25) is 4.79 Å². The lowest BCUT2D eigenvalue weighted by Crippen LogP contribution is -2.37. The minimum atomic E-state index is -0.147. The fourth-order valence-corrected chi connectivity index (χ4v) is 6.04. The van der Waals surface area contributed by atoms with Gasteiger partial charge in [-0.05, 0) is 67.6 Å². The van der Waals surface area contributed by atoms with Crippen molar-refractivity contribution in [3.8, 4) is 0 Å². The molecular weight excluding hydrogens is 252 g/mol. The van der Waals surface area contributed by atoms with Crippen molar-refractivity contribution in [2.24, 2.45) is 41.4 Å². The molecule has 7 unspecified atom stereocenters. The van der Waals surface area contributed by atoms with E-state index < -0.39 is 0 Å². The van der Waals surface area contributed by atoms with E-state index >= 15 is 0 Å². The van der Waals surface area contributed by atoms with E-state index in [1.807, 2.05) is 13.8 Å². The maximum Gasteiger partial charge on any atom is 0.310 e. The molecule has 7 atom stereocenters. The molecule has 0 aromatic carbocycles. The molecule has 4 aliphatic rings. The molecule has 0 saturated heterocycles. The van der Waals surface area contributed by atoms with Crippen molar-refractivity contribution in [2.75, 3.05) is 6.79 Å². The molecule has 0 aliphatic heterocycles. The Bertz CT molecular complexity index is 405. The maximum absolute atomic E-state index is 11.5. The zero-order chi connectivity index (χ0) is 13.9. The monoisotopic (exact) mass is 278 g/mol. The predicted octanol–water partition coefficient (Wildman–Crippen LogP) is 3.23. The second-order valence-electron chi connectivity index (χ2n) is 7.82. The first kappa shape index (κ1) is 13.1. The van der Waals surface area contributed by atoms with E-state index in [1.165, 1.54) is 32.1 Å². The highest BCUT2D eigenvalue weighted by Gasteiger charge is 2.62. The Balaban J connectivity index is 1.33. The van der Waals surface area contributed by atoms with Crippen LogP contribution in [-0.2, 0) is 14.3 Å². The van der Waals surface area contributed by atoms with E-state index in [2.05, 4.69) is 0 Å². The van der Waals surface area contributed by atoms with E-state index in [4.69, 9.17) is 9.47 Å². The van der Waals surface area contributed by atoms with Gasteiger partial charge in [-0.25, -0.2) is 0 Å². The van der Waals surface area contributed by atoms with Gasteiger partial charge in [-0.1, -0.05) is 13.8 Å². The van der Waals surface area contributed by atoms with E-state index in [9.17, 15) is 4.79 Å². The van der Waals surface area contributed by atoms with Crippen molar-refractivity contribution in [2.45, 2.75) is 52.1 Å². The van der Waals surface area contributed by atoms with Crippen LogP contribution >= 0.6 is 0 Å². The fourth-order valence-electron chi connectivity index (χ4n) is 6.04. The number of hydrogen-bond donors (Lipinski definition) is 0. The number of fused-ring (bicyclic) bond motifs is 9. The second kappa shape index (κ2) is 4.72. The van der Waals surface area contributed by atoms with Crippen LogP contribution < -0.4 is 0 Å². The number of carbonyl (C=O) groups is 1. The van der Waals surface area contributed by atoms with Crippen LogP contribution in [0.15, 0.2) is 0 Å². The van der Waals surface area contributed by atoms with E-state index in [-0.39, 0.29) is 18.7 Å². The third-order valence-electron chi connectivity index (χ3n) is 6.63. The summed E-state index contributed by atoms with van der Waals surface area (Å²) in [4.78, 5) is 11.5. The van der Waals surface area contributed by atoms with Crippen molar-refractivity contribution in [1.82, 2.24) is 0 Å². The van der Waals surface area contributed by atoms with E-state index in [0.29, 0.717) is 6.10 Å². The number of rotatable bonds is 4. The van der Waals surface area contributed by atoms with Crippen molar-refractivity contribution in [1.29, 1.82) is 0 Å². The molecule has 20 heavy (non-hydrogen) atoms. The van der Waals surface area contributed by atoms with Crippen LogP contribution in [0, 0.1) is 41.4 Å². The largest absolute Gasteiger partial charge is 0.438 e. The van der Waals surface area contributed by atoms with Gasteiger partial charge in [0.25, 0.3) is 0 Å². The van der Waals surface area contributed by atoms with Crippen LogP contribution in [0.3, 0.4) is 0 Å². The summed E-state index contributed by atoms with van der Waals surface area (Å²) in [6, 6.07) is 0. The van der Waals surface area contributed by atoms with Crippen LogP contribution in [-0.4, -0.2) is 18.9 Å². The Morgan fingerprint density at radius 3 is 2.55 bits per heavy atom. The highest BCUT2D eigenvalue weighted by atomic mass is 16.7. The lowest BCUT2D eigenvalue weighted by Gasteiger charge is -2.38. The molecule has 4 fully saturated rings. The molecule has 4 rings (SSSR count). The third-order valence-corrected chi connectivity index (χ3v) is 6.63. The second-order valence-corrected chi connectivity index (χ2v) is 7.82. The molecule has 4 bridgehead atoms. The van der Waals surface area contributed by atoms with Crippen LogP contribution in [0.1, 0.15) is 46.0 Å². The molecule has 3 nitrogen and oxygen atoms in total. The van der Waals surface area contributed by atoms with Crippen molar-refractivity contribution < 1.29 is 14.3 Å². The molecular formula is C17H26O3. The summed E-state index contributed by atoms with van der Waals surface area (Å²) in [5.74, 6) is 5.46. The maximum atomic E-state index is 11.5. The Kier molecular flexibility index (Phi) is 3.10. The van der Waals surface area contributed by atoms with Gasteiger partial charge in [0.15, 0.2) is 6.79 Å². The summed E-state index contributed by atoms with van der Waals surface area (Å²) in [5.41, 5.74) is 0. The zero-order valence-corrected chi connectivity index (χ0v) is 12.6. The Labute approximate surface area is 121 Å². The van der Waals surface area contributed by atoms with Gasteiger partial charge in [0.2, 0.25) is 0 Å². The summed E-state index contributed by atoms with van der Waals surface area (Å²) < 4.78 is 11.1. The Morgan fingerprint density at radius 1 is 1.05 bits per heavy atom. The minimum Gasteiger partial charge on any atom is -0.438 e. The molecule has 0 N–H and O–H groups in total. The average Bonchev–Trinajstić information content (AvgIpc) is 3.16. The van der Waals surface area contributed by atoms with Gasteiger partial charge in [0, 0.05) is 0 Å². The fraction of sp³-hybridized carbons (Fsp3) is 0.941. The highest BCUT2D eigenvalue weighted by Crippen LogP contribution is 2.67. The average molecular weight is 278 g/mol. The van der Waals surface area contributed by atoms with Crippen LogP contribution in [0.5, 0.6) is 0 Å². The first-order valence-corrected chi connectivity index (χ1v) is 8.43. The Morgan fingerprint density at radius 2 is 1.80 bits per heavy atom. The summed E-state index contributed by atoms with van der Waals surface area (Å²) in [6.45, 7) is 3.88. The van der Waals surface area contributed by atoms with Crippen molar-refractivity contribution in [3.05, 3.63) is 0 Å². The van der Waals surface area contributed by atoms with Crippen LogP contribution in [0.4, 0.5) is 0 Å². The molecule has 4 aliphatic carbocycles. The number of hydrogen-bond acceptors (Lipinski definition) is 3. The molecule has 0 aromatic heterocycles. The summed E-state index contributed by atoms with van der Waals surface area (Å²) >= 11 is 0. The van der Waals surface area contributed by atoms with Crippen LogP contribution in [0.25, 0.3) is 0 Å². The van der Waals surface area contributed by atoms with Crippen molar-refractivity contribution >= 4 is 5.97 Å². The molecule has 3 heteroatoms. The normalized spacial score (nSPS) is 48.0. The van der Waals surface area contributed by atoms with Gasteiger partial charge in [0.1, 0.15) is 0 Å². The predicted molar refractivity (Wildman–Crippen MR) is 74.7 cm³/mol. The van der Waals surface area contributed by atoms with Crippen LogP contribution in [0.2, 0.25) is 0 Å². The van der Waals surface area contributed by atoms with Gasteiger partial charge in [0.05, 0.1) is 12.0 Å². The van der Waals surface area contributed by atoms with Gasteiger partial charge in [-0.15, -0.1) is 0 Å². The first-order chi connectivity index (χ1) is 9.65. The van der Waals surface area contributed by atoms with Crippen molar-refractivity contribution in [3.63, 3.8) is 0 Å². The number of carbonyl (C=O) groups excluding carboxylic acids is 1. The van der Waals surface area contributed by atoms with Gasteiger partial charge >= 0.3 is 5.97 Å². The Hall–Kier alpha value is -0.570. The first-order valence-electron chi connectivity index (χ1n) is 8.43. The third kappa shape index (κ3) is 1.85. The summed E-state index contributed by atoms with van der Waals surface area (Å²) in [6.07, 6.45) is 7.41. The highest BCUT2D eigenvalue weighted by molar-refractivity contribution is 5.71. The minimum absolute atomic E-state index is 0.0615. The lowest BCUT2D eigenvalue weighted by molar-refractivity contribution is -0.169. The summed E-state index contributed by atoms with van der Waals surface area (Å²) in [7, 11) is 0. The molecule has 0 spiro atoms. The molecule has 0 aromatic rings.